The summed E-state index contributed by atoms with van der Waals surface area (Å²) < 4.78 is 10.4. The number of likely N-dealkylation sites (N-methyl/N-ethyl adjacent to an activating group) is 1. The Bertz CT molecular complexity index is 371. The third-order valence-corrected chi connectivity index (χ3v) is 2.55. The van der Waals surface area contributed by atoms with Gasteiger partial charge in [0.2, 0.25) is 0 Å². The second kappa shape index (κ2) is 9.41. The zero-order valence-corrected chi connectivity index (χ0v) is 11.6. The summed E-state index contributed by atoms with van der Waals surface area (Å²) in [4.78, 5) is 11.5. The molecule has 0 atom stereocenters. The zero-order valence-electron chi connectivity index (χ0n) is 11.6. The van der Waals surface area contributed by atoms with Crippen LogP contribution in [0.15, 0.2) is 24.3 Å². The van der Waals surface area contributed by atoms with E-state index in [9.17, 15) is 4.79 Å². The molecule has 104 valence electrons. The van der Waals surface area contributed by atoms with Crippen LogP contribution < -0.4 is 15.4 Å². The number of hydrogen-bond donors (Lipinski definition) is 2. The van der Waals surface area contributed by atoms with Crippen molar-refractivity contribution >= 4 is 13.9 Å². The molecule has 0 aliphatic rings. The van der Waals surface area contributed by atoms with E-state index in [2.05, 4.69) is 18.5 Å². The molecule has 5 nitrogen and oxygen atoms in total. The molecule has 1 rings (SSSR count). The van der Waals surface area contributed by atoms with Gasteiger partial charge in [-0.3, -0.25) is 0 Å². The number of hydrogen-bond acceptors (Lipinski definition) is 4. The van der Waals surface area contributed by atoms with Crippen LogP contribution in [0.2, 0.25) is 0 Å². The molecular formula is C13H21BN2O3. The number of ether oxygens (including phenoxy) is 2. The molecule has 0 heterocycles. The van der Waals surface area contributed by atoms with Gasteiger partial charge in [-0.25, -0.2) is 4.79 Å². The van der Waals surface area contributed by atoms with Gasteiger partial charge in [0.15, 0.2) is 0 Å². The van der Waals surface area contributed by atoms with E-state index < -0.39 is 6.09 Å². The van der Waals surface area contributed by atoms with E-state index in [1.54, 1.807) is 12.1 Å². The first-order valence-electron chi connectivity index (χ1n) is 6.53. The van der Waals surface area contributed by atoms with Crippen LogP contribution in [0.25, 0.3) is 0 Å². The van der Waals surface area contributed by atoms with E-state index in [0.717, 1.165) is 12.9 Å². The van der Waals surface area contributed by atoms with Crippen molar-refractivity contribution in [2.45, 2.75) is 6.32 Å². The maximum Gasteiger partial charge on any atom is 0.412 e. The predicted molar refractivity (Wildman–Crippen MR) is 77.5 cm³/mol. The van der Waals surface area contributed by atoms with Gasteiger partial charge >= 0.3 is 6.09 Å². The second-order valence-electron chi connectivity index (χ2n) is 4.03. The summed E-state index contributed by atoms with van der Waals surface area (Å²) in [5, 5.41) is 5.60. The highest BCUT2D eigenvalue weighted by atomic mass is 16.6. The predicted octanol–water partition coefficient (Wildman–Crippen LogP) is 0.144. The molecule has 1 aromatic carbocycles. The van der Waals surface area contributed by atoms with Crippen LogP contribution in [0.5, 0.6) is 5.75 Å². The number of amides is 1. The Balaban J connectivity index is 2.16. The molecule has 1 aromatic rings. The molecule has 6 heteroatoms. The lowest BCUT2D eigenvalue weighted by molar-refractivity contribution is 0.136. The highest BCUT2D eigenvalue weighted by Crippen LogP contribution is 2.11. The number of benzene rings is 1. The van der Waals surface area contributed by atoms with Crippen molar-refractivity contribution in [1.82, 2.24) is 10.6 Å². The van der Waals surface area contributed by atoms with Gasteiger partial charge in [0.1, 0.15) is 13.6 Å². The van der Waals surface area contributed by atoms with Gasteiger partial charge in [-0.2, -0.15) is 0 Å². The van der Waals surface area contributed by atoms with Crippen molar-refractivity contribution in [2.75, 3.05) is 33.4 Å². The average Bonchev–Trinajstić information content (AvgIpc) is 2.43. The minimum Gasteiger partial charge on any atom is -0.410 e. The molecule has 0 saturated carbocycles. The Morgan fingerprint density at radius 1 is 1.21 bits per heavy atom. The topological polar surface area (TPSA) is 59.6 Å². The quantitative estimate of drug-likeness (QED) is 0.518. The van der Waals surface area contributed by atoms with Gasteiger partial charge < -0.3 is 20.1 Å². The first-order valence-corrected chi connectivity index (χ1v) is 6.53. The Morgan fingerprint density at radius 3 is 2.53 bits per heavy atom. The fourth-order valence-corrected chi connectivity index (χ4v) is 1.44. The van der Waals surface area contributed by atoms with Crippen LogP contribution in [-0.2, 0) is 11.1 Å². The molecule has 0 aliphatic heterocycles. The van der Waals surface area contributed by atoms with E-state index in [1.165, 1.54) is 5.56 Å². The van der Waals surface area contributed by atoms with Gasteiger partial charge in [-0.05, 0) is 19.2 Å². The smallest absolute Gasteiger partial charge is 0.410 e. The minimum absolute atomic E-state index is 0.440. The molecule has 0 radical (unpaired) electrons. The van der Waals surface area contributed by atoms with Crippen LogP contribution in [0.4, 0.5) is 4.79 Å². The van der Waals surface area contributed by atoms with E-state index in [-0.39, 0.29) is 0 Å². The highest BCUT2D eigenvalue weighted by molar-refractivity contribution is 6.08. The third kappa shape index (κ3) is 6.83. The van der Waals surface area contributed by atoms with E-state index in [1.807, 2.05) is 19.2 Å². The first kappa shape index (κ1) is 15.5. The van der Waals surface area contributed by atoms with Crippen LogP contribution in [0, 0.1) is 0 Å². The lowest BCUT2D eigenvalue weighted by Gasteiger charge is -2.07. The van der Waals surface area contributed by atoms with Crippen LogP contribution in [-0.4, -0.2) is 47.3 Å². The maximum atomic E-state index is 11.5. The van der Waals surface area contributed by atoms with E-state index in [4.69, 9.17) is 9.47 Å². The molecule has 0 aliphatic carbocycles. The number of carbonyl (C=O) groups excluding carboxylic acids is 1. The summed E-state index contributed by atoms with van der Waals surface area (Å²) in [7, 11) is 3.94. The van der Waals surface area contributed by atoms with Crippen molar-refractivity contribution in [2.24, 2.45) is 0 Å². The summed E-state index contributed by atoms with van der Waals surface area (Å²) >= 11 is 0. The summed E-state index contributed by atoms with van der Waals surface area (Å²) in [6.45, 7) is 2.35. The standard InChI is InChI=1S/C13H21BN2O3/c1-15-6-8-18-9-7-16-13(17)19-12-4-2-11(10-14)3-5-12/h2-5,15H,6-10,14H2,1H3,(H,16,17). The van der Waals surface area contributed by atoms with Gasteiger partial charge in [-0.15, -0.1) is 0 Å². The van der Waals surface area contributed by atoms with Crippen LogP contribution >= 0.6 is 0 Å². The summed E-state index contributed by atoms with van der Waals surface area (Å²) in [5.41, 5.74) is 1.21. The minimum atomic E-state index is -0.457. The second-order valence-corrected chi connectivity index (χ2v) is 4.03. The number of carbonyl (C=O) groups is 1. The fraction of sp³-hybridized carbons (Fsp3) is 0.462. The lowest BCUT2D eigenvalue weighted by Crippen LogP contribution is -2.30. The van der Waals surface area contributed by atoms with Gasteiger partial charge in [0.05, 0.1) is 13.2 Å². The molecule has 19 heavy (non-hydrogen) atoms. The normalized spacial score (nSPS) is 10.2. The van der Waals surface area contributed by atoms with Gasteiger partial charge in [-0.1, -0.05) is 24.0 Å². The zero-order chi connectivity index (χ0) is 13.9. The Labute approximate surface area is 115 Å². The van der Waals surface area contributed by atoms with Crippen molar-refractivity contribution in [3.8, 4) is 5.75 Å². The summed E-state index contributed by atoms with van der Waals surface area (Å²) in [6.07, 6.45) is 0.512. The molecule has 0 aromatic heterocycles. The molecule has 0 fully saturated rings. The van der Waals surface area contributed by atoms with Crippen LogP contribution in [0.3, 0.4) is 0 Å². The number of rotatable bonds is 8. The molecular weight excluding hydrogens is 243 g/mol. The third-order valence-electron chi connectivity index (χ3n) is 2.55. The highest BCUT2D eigenvalue weighted by Gasteiger charge is 2.03. The fourth-order valence-electron chi connectivity index (χ4n) is 1.44. The monoisotopic (exact) mass is 264 g/mol. The molecule has 0 bridgehead atoms. The first-order chi connectivity index (χ1) is 9.26. The van der Waals surface area contributed by atoms with Crippen molar-refractivity contribution in [3.05, 3.63) is 29.8 Å². The Hall–Kier alpha value is -1.53. The lowest BCUT2D eigenvalue weighted by atomic mass is 9.97. The van der Waals surface area contributed by atoms with Crippen LogP contribution in [0.1, 0.15) is 5.56 Å². The number of nitrogens with one attached hydrogen (secondary N) is 2. The molecule has 1 amide bonds. The van der Waals surface area contributed by atoms with E-state index >= 15 is 0 Å². The molecule has 2 N–H and O–H groups in total. The van der Waals surface area contributed by atoms with Gasteiger partial charge in [0.25, 0.3) is 0 Å². The maximum absolute atomic E-state index is 11.5. The molecule has 0 saturated heterocycles. The molecule has 0 unspecified atom stereocenters. The Kier molecular flexibility index (Phi) is 7.69. The van der Waals surface area contributed by atoms with Crippen molar-refractivity contribution in [1.29, 1.82) is 0 Å². The largest absolute Gasteiger partial charge is 0.412 e. The van der Waals surface area contributed by atoms with Crippen molar-refractivity contribution < 1.29 is 14.3 Å². The average molecular weight is 264 g/mol. The SMILES string of the molecule is BCc1ccc(OC(=O)NCCOCCNC)cc1. The van der Waals surface area contributed by atoms with Crippen molar-refractivity contribution in [3.63, 3.8) is 0 Å². The van der Waals surface area contributed by atoms with Gasteiger partial charge in [0, 0.05) is 13.1 Å². The Morgan fingerprint density at radius 2 is 1.89 bits per heavy atom. The molecule has 0 spiro atoms. The van der Waals surface area contributed by atoms with E-state index in [0.29, 0.717) is 25.5 Å². The summed E-state index contributed by atoms with van der Waals surface area (Å²) in [6, 6.07) is 7.48. The summed E-state index contributed by atoms with van der Waals surface area (Å²) in [5.74, 6) is 0.547.